The molecule has 0 atom stereocenters. The first-order valence-corrected chi connectivity index (χ1v) is 10.3. The van der Waals surface area contributed by atoms with Crippen LogP contribution in [-0.2, 0) is 12.1 Å². The molecule has 1 heterocycles. The van der Waals surface area contributed by atoms with Crippen molar-refractivity contribution in [3.05, 3.63) is 70.0 Å². The van der Waals surface area contributed by atoms with Crippen molar-refractivity contribution in [2.75, 3.05) is 5.32 Å². The first-order valence-electron chi connectivity index (χ1n) is 9.46. The maximum atomic E-state index is 12.2. The van der Waals surface area contributed by atoms with Crippen molar-refractivity contribution in [1.29, 1.82) is 0 Å². The molecule has 4 rings (SSSR count). The zero-order valence-corrected chi connectivity index (χ0v) is 16.6. The largest absolute Gasteiger partial charge is 0.385 e. The van der Waals surface area contributed by atoms with Crippen LogP contribution in [0.15, 0.2) is 53.9 Å². The normalized spacial score (nSPS) is 14.5. The molecule has 1 fully saturated rings. The van der Waals surface area contributed by atoms with E-state index in [1.165, 1.54) is 11.3 Å². The fourth-order valence-corrected chi connectivity index (χ4v) is 4.04. The van der Waals surface area contributed by atoms with E-state index in [-0.39, 0.29) is 6.03 Å². The van der Waals surface area contributed by atoms with Gasteiger partial charge in [-0.25, -0.2) is 9.78 Å². The summed E-state index contributed by atoms with van der Waals surface area (Å²) in [6.07, 6.45) is 7.77. The number of rotatable bonds is 5. The highest BCUT2D eigenvalue weighted by Gasteiger charge is 2.38. The number of terminal acetylenes is 1. The summed E-state index contributed by atoms with van der Waals surface area (Å²) in [5.74, 6) is 2.87. The minimum absolute atomic E-state index is 0.310. The zero-order chi connectivity index (χ0) is 20.3. The Balaban J connectivity index is 1.52. The van der Waals surface area contributed by atoms with Crippen LogP contribution in [0, 0.1) is 12.3 Å². The Morgan fingerprint density at radius 3 is 2.66 bits per heavy atom. The number of hydrogen-bond donors (Lipinski definition) is 3. The predicted molar refractivity (Wildman–Crippen MR) is 116 cm³/mol. The molecule has 0 aliphatic heterocycles. The lowest BCUT2D eigenvalue weighted by atomic mass is 9.73. The standard InChI is InChI=1S/C23H21N3O2S/c1-2-21-25-20(15-29-21)26-22(27)24-14-18-10-9-17(16-7-4-3-5-8-16)13-19(18)23(28)11-6-12-23/h1,3-5,7-10,13,15,28H,6,11-12,14H2,(H2,24,26,27). The summed E-state index contributed by atoms with van der Waals surface area (Å²) < 4.78 is 0. The van der Waals surface area contributed by atoms with Gasteiger partial charge >= 0.3 is 6.03 Å². The lowest BCUT2D eigenvalue weighted by molar-refractivity contribution is -0.0395. The highest BCUT2D eigenvalue weighted by Crippen LogP contribution is 2.43. The molecule has 1 aromatic heterocycles. The Labute approximate surface area is 173 Å². The third-order valence-electron chi connectivity index (χ3n) is 5.21. The van der Waals surface area contributed by atoms with Crippen LogP contribution in [0.1, 0.15) is 35.4 Å². The highest BCUT2D eigenvalue weighted by atomic mass is 32.1. The number of urea groups is 1. The number of hydrogen-bond acceptors (Lipinski definition) is 4. The van der Waals surface area contributed by atoms with E-state index in [1.807, 2.05) is 48.5 Å². The predicted octanol–water partition coefficient (Wildman–Crippen LogP) is 4.48. The van der Waals surface area contributed by atoms with Crippen molar-refractivity contribution in [3.63, 3.8) is 0 Å². The second-order valence-electron chi connectivity index (χ2n) is 7.11. The lowest BCUT2D eigenvalue weighted by Crippen LogP contribution is -2.36. The second kappa shape index (κ2) is 8.08. The number of benzene rings is 2. The van der Waals surface area contributed by atoms with Crippen molar-refractivity contribution in [2.45, 2.75) is 31.4 Å². The Morgan fingerprint density at radius 2 is 2.00 bits per heavy atom. The fourth-order valence-electron chi connectivity index (χ4n) is 3.49. The van der Waals surface area contributed by atoms with Gasteiger partial charge in [-0.3, -0.25) is 5.32 Å². The van der Waals surface area contributed by atoms with E-state index >= 15 is 0 Å². The second-order valence-corrected chi connectivity index (χ2v) is 7.97. The number of aromatic nitrogens is 1. The lowest BCUT2D eigenvalue weighted by Gasteiger charge is -2.38. The number of aliphatic hydroxyl groups is 1. The maximum absolute atomic E-state index is 12.2. The molecule has 2 amide bonds. The molecule has 1 aliphatic carbocycles. The monoisotopic (exact) mass is 403 g/mol. The van der Waals surface area contributed by atoms with E-state index in [4.69, 9.17) is 6.42 Å². The first kappa shape index (κ1) is 19.2. The third-order valence-corrected chi connectivity index (χ3v) is 5.98. The van der Waals surface area contributed by atoms with E-state index in [2.05, 4.69) is 21.5 Å². The van der Waals surface area contributed by atoms with Gasteiger partial charge in [-0.05, 0) is 53.5 Å². The van der Waals surface area contributed by atoms with Gasteiger partial charge in [0.25, 0.3) is 0 Å². The van der Waals surface area contributed by atoms with Crippen LogP contribution in [-0.4, -0.2) is 16.1 Å². The summed E-state index contributed by atoms with van der Waals surface area (Å²) in [4.78, 5) is 16.4. The van der Waals surface area contributed by atoms with Gasteiger partial charge in [-0.1, -0.05) is 42.5 Å². The van der Waals surface area contributed by atoms with Crippen molar-refractivity contribution < 1.29 is 9.90 Å². The van der Waals surface area contributed by atoms with Crippen molar-refractivity contribution in [1.82, 2.24) is 10.3 Å². The summed E-state index contributed by atoms with van der Waals surface area (Å²) in [7, 11) is 0. The fraction of sp³-hybridized carbons (Fsp3) is 0.217. The summed E-state index contributed by atoms with van der Waals surface area (Å²) >= 11 is 1.30. The van der Waals surface area contributed by atoms with Crippen LogP contribution >= 0.6 is 11.3 Å². The minimum Gasteiger partial charge on any atom is -0.385 e. The summed E-state index contributed by atoms with van der Waals surface area (Å²) in [6.45, 7) is 0.310. The first-order chi connectivity index (χ1) is 14.1. The molecule has 5 nitrogen and oxygen atoms in total. The van der Waals surface area contributed by atoms with E-state index < -0.39 is 5.60 Å². The molecule has 3 N–H and O–H groups in total. The molecule has 1 aliphatic rings. The molecule has 2 aromatic carbocycles. The minimum atomic E-state index is -0.825. The SMILES string of the molecule is C#Cc1nc(NC(=O)NCc2ccc(-c3ccccc3)cc2C2(O)CCC2)cs1. The number of carbonyl (C=O) groups excluding carboxylic acids is 1. The number of anilines is 1. The van der Waals surface area contributed by atoms with Crippen molar-refractivity contribution >= 4 is 23.2 Å². The molecule has 0 unspecified atom stereocenters. The van der Waals surface area contributed by atoms with Crippen LogP contribution in [0.5, 0.6) is 0 Å². The van der Waals surface area contributed by atoms with Crippen molar-refractivity contribution in [2.24, 2.45) is 0 Å². The Morgan fingerprint density at radius 1 is 1.21 bits per heavy atom. The molecule has 0 spiro atoms. The Hall–Kier alpha value is -3.14. The van der Waals surface area contributed by atoms with Crippen LogP contribution in [0.25, 0.3) is 11.1 Å². The molecule has 0 saturated heterocycles. The van der Waals surface area contributed by atoms with Crippen LogP contribution in [0.4, 0.5) is 10.6 Å². The Bertz CT molecular complexity index is 1070. The summed E-state index contributed by atoms with van der Waals surface area (Å²) in [5.41, 5.74) is 3.12. The van der Waals surface area contributed by atoms with E-state index in [1.54, 1.807) is 5.38 Å². The molecular weight excluding hydrogens is 382 g/mol. The van der Waals surface area contributed by atoms with Crippen LogP contribution in [0.2, 0.25) is 0 Å². The van der Waals surface area contributed by atoms with E-state index in [0.29, 0.717) is 17.4 Å². The molecule has 6 heteroatoms. The van der Waals surface area contributed by atoms with Crippen LogP contribution in [0.3, 0.4) is 0 Å². The van der Waals surface area contributed by atoms with Gasteiger partial charge in [0.1, 0.15) is 5.82 Å². The molecule has 29 heavy (non-hydrogen) atoms. The number of amides is 2. The topological polar surface area (TPSA) is 74.2 Å². The number of carbonyl (C=O) groups is 1. The molecule has 0 bridgehead atoms. The van der Waals surface area contributed by atoms with Gasteiger partial charge in [-0.15, -0.1) is 17.8 Å². The smallest absolute Gasteiger partial charge is 0.320 e. The zero-order valence-electron chi connectivity index (χ0n) is 15.8. The summed E-state index contributed by atoms with van der Waals surface area (Å²) in [6, 6.07) is 15.8. The quantitative estimate of drug-likeness (QED) is 0.550. The number of thiazole rings is 1. The van der Waals surface area contributed by atoms with Gasteiger partial charge in [0.2, 0.25) is 0 Å². The van der Waals surface area contributed by atoms with Gasteiger partial charge < -0.3 is 10.4 Å². The van der Waals surface area contributed by atoms with Gasteiger partial charge in [0.15, 0.2) is 5.01 Å². The highest BCUT2D eigenvalue weighted by molar-refractivity contribution is 7.10. The molecule has 1 saturated carbocycles. The van der Waals surface area contributed by atoms with Crippen molar-refractivity contribution in [3.8, 4) is 23.5 Å². The summed E-state index contributed by atoms with van der Waals surface area (Å²) in [5, 5.41) is 18.8. The third kappa shape index (κ3) is 4.16. The van der Waals surface area contributed by atoms with Gasteiger partial charge in [-0.2, -0.15) is 0 Å². The Kier molecular flexibility index (Phi) is 5.34. The number of nitrogens with one attached hydrogen (secondary N) is 2. The average molecular weight is 404 g/mol. The molecule has 0 radical (unpaired) electrons. The number of nitrogens with zero attached hydrogens (tertiary/aromatic N) is 1. The van der Waals surface area contributed by atoms with E-state index in [0.717, 1.165) is 41.5 Å². The van der Waals surface area contributed by atoms with Crippen LogP contribution < -0.4 is 10.6 Å². The van der Waals surface area contributed by atoms with Gasteiger partial charge in [0.05, 0.1) is 5.60 Å². The molecule has 3 aromatic rings. The molecule has 146 valence electrons. The van der Waals surface area contributed by atoms with E-state index in [9.17, 15) is 9.90 Å². The maximum Gasteiger partial charge on any atom is 0.320 e. The van der Waals surface area contributed by atoms with Gasteiger partial charge in [0, 0.05) is 11.9 Å². The molecular formula is C23H21N3O2S. The average Bonchev–Trinajstić information content (AvgIpc) is 3.18.